The van der Waals surface area contributed by atoms with Crippen molar-refractivity contribution in [2.24, 2.45) is 0 Å². The summed E-state index contributed by atoms with van der Waals surface area (Å²) < 4.78 is 13.2. The smallest absolute Gasteiger partial charge is 0.234 e. The monoisotopic (exact) mass is 294 g/mol. The van der Waals surface area contributed by atoms with E-state index in [1.807, 2.05) is 4.90 Å². The number of aryl methyl sites for hydroxylation is 1. The van der Waals surface area contributed by atoms with E-state index in [2.05, 4.69) is 5.32 Å². The number of hydrogen-bond acceptors (Lipinski definition) is 3. The van der Waals surface area contributed by atoms with Crippen molar-refractivity contribution < 1.29 is 14.3 Å². The van der Waals surface area contributed by atoms with Crippen LogP contribution < -0.4 is 5.32 Å². The molecule has 0 saturated carbocycles. The van der Waals surface area contributed by atoms with Gasteiger partial charge >= 0.3 is 0 Å². The first kappa shape index (κ1) is 15.9. The predicted molar refractivity (Wildman–Crippen MR) is 79.3 cm³/mol. The molecule has 4 nitrogen and oxygen atoms in total. The summed E-state index contributed by atoms with van der Waals surface area (Å²) in [5, 5.41) is 12.8. The molecule has 1 aliphatic heterocycles. The maximum atomic E-state index is 13.2. The average molecular weight is 294 g/mol. The second kappa shape index (κ2) is 6.54. The number of nitrogens with one attached hydrogen (secondary N) is 1. The second-order valence-electron chi connectivity index (χ2n) is 6.17. The summed E-state index contributed by atoms with van der Waals surface area (Å²) in [5.41, 5.74) is 0.758. The highest BCUT2D eigenvalue weighted by Crippen LogP contribution is 2.19. The van der Waals surface area contributed by atoms with Crippen LogP contribution in [0.1, 0.15) is 30.9 Å². The number of hydrogen-bond donors (Lipinski definition) is 2. The number of β-amino-alcohol motifs (C(OH)–C–C–N with tert-alkyl or cyclic N) is 1. The van der Waals surface area contributed by atoms with E-state index in [1.165, 1.54) is 6.07 Å². The van der Waals surface area contributed by atoms with Crippen LogP contribution in [-0.4, -0.2) is 41.1 Å². The van der Waals surface area contributed by atoms with Gasteiger partial charge in [0.05, 0.1) is 12.1 Å². The van der Waals surface area contributed by atoms with Crippen molar-refractivity contribution in [2.45, 2.75) is 38.8 Å². The fraction of sp³-hybridized carbons (Fsp3) is 0.562. The Labute approximate surface area is 125 Å². The van der Waals surface area contributed by atoms with Gasteiger partial charge in [0, 0.05) is 13.1 Å². The molecule has 1 aliphatic rings. The number of amides is 1. The quantitative estimate of drug-likeness (QED) is 0.887. The lowest BCUT2D eigenvalue weighted by Crippen LogP contribution is -2.49. The number of benzene rings is 1. The molecule has 0 aromatic heterocycles. The molecule has 1 atom stereocenters. The zero-order valence-electron chi connectivity index (χ0n) is 12.7. The molecule has 1 unspecified atom stereocenters. The van der Waals surface area contributed by atoms with Crippen molar-refractivity contribution in [1.29, 1.82) is 0 Å². The zero-order valence-corrected chi connectivity index (χ0v) is 12.7. The molecule has 1 aromatic carbocycles. The number of rotatable bonds is 4. The number of carbonyl (C=O) groups is 1. The molecule has 116 valence electrons. The van der Waals surface area contributed by atoms with Crippen molar-refractivity contribution in [3.63, 3.8) is 0 Å². The van der Waals surface area contributed by atoms with Gasteiger partial charge in [0.2, 0.25) is 5.91 Å². The van der Waals surface area contributed by atoms with Crippen LogP contribution in [0.4, 0.5) is 4.39 Å². The lowest BCUT2D eigenvalue weighted by Gasteiger charge is -2.36. The van der Waals surface area contributed by atoms with E-state index in [0.717, 1.165) is 24.9 Å². The highest BCUT2D eigenvalue weighted by Gasteiger charge is 2.29. The first-order chi connectivity index (χ1) is 9.85. The van der Waals surface area contributed by atoms with E-state index in [9.17, 15) is 14.3 Å². The van der Waals surface area contributed by atoms with Crippen molar-refractivity contribution >= 4 is 5.91 Å². The van der Waals surface area contributed by atoms with Crippen LogP contribution in [0.2, 0.25) is 0 Å². The van der Waals surface area contributed by atoms with Crippen LogP contribution >= 0.6 is 0 Å². The Morgan fingerprint density at radius 1 is 1.52 bits per heavy atom. The van der Waals surface area contributed by atoms with Crippen molar-refractivity contribution in [3.8, 4) is 0 Å². The van der Waals surface area contributed by atoms with Crippen LogP contribution in [0, 0.1) is 12.7 Å². The second-order valence-corrected chi connectivity index (χ2v) is 6.17. The van der Waals surface area contributed by atoms with Crippen molar-refractivity contribution in [3.05, 3.63) is 35.1 Å². The summed E-state index contributed by atoms with van der Waals surface area (Å²) in [5.74, 6) is -0.310. The molecule has 1 heterocycles. The Kier molecular flexibility index (Phi) is 4.96. The van der Waals surface area contributed by atoms with Gasteiger partial charge in [0.1, 0.15) is 5.82 Å². The third kappa shape index (κ3) is 4.79. The molecular weight excluding hydrogens is 271 g/mol. The number of carbonyl (C=O) groups excluding carboxylic acids is 1. The van der Waals surface area contributed by atoms with Gasteiger partial charge in [-0.15, -0.1) is 0 Å². The predicted octanol–water partition coefficient (Wildman–Crippen LogP) is 1.60. The van der Waals surface area contributed by atoms with Gasteiger partial charge in [-0.05, 0) is 50.4 Å². The Morgan fingerprint density at radius 3 is 2.95 bits per heavy atom. The highest BCUT2D eigenvalue weighted by atomic mass is 19.1. The molecule has 0 spiro atoms. The van der Waals surface area contributed by atoms with Gasteiger partial charge < -0.3 is 10.4 Å². The van der Waals surface area contributed by atoms with Crippen molar-refractivity contribution in [2.75, 3.05) is 19.6 Å². The maximum absolute atomic E-state index is 13.2. The molecule has 5 heteroatoms. The summed E-state index contributed by atoms with van der Waals surface area (Å²) >= 11 is 0. The van der Waals surface area contributed by atoms with E-state index in [0.29, 0.717) is 18.7 Å². The van der Waals surface area contributed by atoms with E-state index < -0.39 is 5.60 Å². The molecule has 0 radical (unpaired) electrons. The third-order valence-electron chi connectivity index (χ3n) is 3.83. The lowest BCUT2D eigenvalue weighted by atomic mass is 9.95. The minimum atomic E-state index is -0.702. The van der Waals surface area contributed by atoms with Gasteiger partial charge in [-0.2, -0.15) is 0 Å². The van der Waals surface area contributed by atoms with Crippen LogP contribution in [0.25, 0.3) is 0 Å². The number of likely N-dealkylation sites (tertiary alicyclic amines) is 1. The molecule has 1 saturated heterocycles. The first-order valence-corrected chi connectivity index (χ1v) is 7.32. The molecule has 21 heavy (non-hydrogen) atoms. The number of piperidine rings is 1. The summed E-state index contributed by atoms with van der Waals surface area (Å²) in [6.07, 6.45) is 1.68. The van der Waals surface area contributed by atoms with Gasteiger partial charge in [0.25, 0.3) is 0 Å². The van der Waals surface area contributed by atoms with Gasteiger partial charge in [-0.3, -0.25) is 9.69 Å². The Hall–Kier alpha value is -1.46. The topological polar surface area (TPSA) is 52.6 Å². The molecule has 1 fully saturated rings. The first-order valence-electron chi connectivity index (χ1n) is 7.32. The third-order valence-corrected chi connectivity index (χ3v) is 3.83. The van der Waals surface area contributed by atoms with Crippen LogP contribution in [-0.2, 0) is 11.3 Å². The number of nitrogens with zero attached hydrogens (tertiary/aromatic N) is 1. The summed E-state index contributed by atoms with van der Waals surface area (Å²) in [6, 6.07) is 4.83. The largest absolute Gasteiger partial charge is 0.389 e. The molecule has 1 amide bonds. The van der Waals surface area contributed by atoms with Gasteiger partial charge in [-0.25, -0.2) is 4.39 Å². The molecule has 0 aliphatic carbocycles. The van der Waals surface area contributed by atoms with Gasteiger partial charge in [-0.1, -0.05) is 12.1 Å². The Balaban J connectivity index is 1.80. The minimum absolute atomic E-state index is 0.0744. The summed E-state index contributed by atoms with van der Waals surface area (Å²) in [6.45, 7) is 5.55. The summed E-state index contributed by atoms with van der Waals surface area (Å²) in [4.78, 5) is 13.9. The minimum Gasteiger partial charge on any atom is -0.389 e. The van der Waals surface area contributed by atoms with Crippen LogP contribution in [0.15, 0.2) is 18.2 Å². The van der Waals surface area contributed by atoms with E-state index in [-0.39, 0.29) is 18.3 Å². The number of halogens is 1. The standard InChI is InChI=1S/C16H23FN2O2/c1-12-8-13(4-5-14(12)17)9-18-15(20)10-19-7-3-6-16(2,21)11-19/h4-5,8,21H,3,6-7,9-11H2,1-2H3,(H,18,20). The summed E-state index contributed by atoms with van der Waals surface area (Å²) in [7, 11) is 0. The molecule has 1 aromatic rings. The maximum Gasteiger partial charge on any atom is 0.234 e. The average Bonchev–Trinajstić information content (AvgIpc) is 2.39. The Bertz CT molecular complexity index is 517. The van der Waals surface area contributed by atoms with E-state index in [4.69, 9.17) is 0 Å². The highest BCUT2D eigenvalue weighted by molar-refractivity contribution is 5.78. The Morgan fingerprint density at radius 2 is 2.29 bits per heavy atom. The van der Waals surface area contributed by atoms with Gasteiger partial charge in [0.15, 0.2) is 0 Å². The lowest BCUT2D eigenvalue weighted by molar-refractivity contribution is -0.123. The molecular formula is C16H23FN2O2. The SMILES string of the molecule is Cc1cc(CNC(=O)CN2CCCC(C)(O)C2)ccc1F. The fourth-order valence-corrected chi connectivity index (χ4v) is 2.73. The fourth-order valence-electron chi connectivity index (χ4n) is 2.73. The zero-order chi connectivity index (χ0) is 15.5. The van der Waals surface area contributed by atoms with Crippen LogP contribution in [0.3, 0.4) is 0 Å². The molecule has 2 N–H and O–H groups in total. The van der Waals surface area contributed by atoms with Crippen molar-refractivity contribution in [1.82, 2.24) is 10.2 Å². The van der Waals surface area contributed by atoms with Crippen LogP contribution in [0.5, 0.6) is 0 Å². The normalized spacial score (nSPS) is 23.0. The molecule has 2 rings (SSSR count). The number of aliphatic hydroxyl groups is 1. The van der Waals surface area contributed by atoms with E-state index >= 15 is 0 Å². The molecule has 0 bridgehead atoms. The van der Waals surface area contributed by atoms with E-state index in [1.54, 1.807) is 26.0 Å².